The van der Waals surface area contributed by atoms with Crippen LogP contribution in [0.2, 0.25) is 0 Å². The summed E-state index contributed by atoms with van der Waals surface area (Å²) >= 11 is 1.38. The third-order valence-electron chi connectivity index (χ3n) is 4.59. The molecule has 27 heavy (non-hydrogen) atoms. The molecule has 1 N–H and O–H groups in total. The van der Waals surface area contributed by atoms with Crippen LogP contribution in [0.25, 0.3) is 0 Å². The number of ether oxygens (including phenoxy) is 1. The number of ketones is 1. The van der Waals surface area contributed by atoms with Gasteiger partial charge < -0.3 is 10.1 Å². The summed E-state index contributed by atoms with van der Waals surface area (Å²) < 4.78 is 19.1. The summed E-state index contributed by atoms with van der Waals surface area (Å²) in [5.74, 6) is -0.483. The van der Waals surface area contributed by atoms with E-state index in [0.29, 0.717) is 24.6 Å². The maximum Gasteiger partial charge on any atom is 0.220 e. The van der Waals surface area contributed by atoms with Crippen LogP contribution in [0.4, 0.5) is 4.39 Å². The summed E-state index contributed by atoms with van der Waals surface area (Å²) in [5, 5.41) is 4.75. The van der Waals surface area contributed by atoms with E-state index in [9.17, 15) is 14.0 Å². The van der Waals surface area contributed by atoms with Crippen molar-refractivity contribution in [1.82, 2.24) is 10.2 Å². The molecule has 1 aliphatic rings. The molecular formula is C20H23FN2O3S. The molecular weight excluding hydrogens is 367 g/mol. The van der Waals surface area contributed by atoms with E-state index >= 15 is 0 Å². The van der Waals surface area contributed by atoms with Crippen LogP contribution < -0.4 is 5.32 Å². The number of morpholine rings is 1. The van der Waals surface area contributed by atoms with Crippen molar-refractivity contribution in [2.75, 3.05) is 32.8 Å². The number of halogens is 1. The summed E-state index contributed by atoms with van der Waals surface area (Å²) in [6.45, 7) is 3.07. The molecule has 7 heteroatoms. The highest BCUT2D eigenvalue weighted by molar-refractivity contribution is 7.12. The Bertz CT molecular complexity index is 760. The van der Waals surface area contributed by atoms with Gasteiger partial charge in [-0.2, -0.15) is 0 Å². The molecule has 3 rings (SSSR count). The largest absolute Gasteiger partial charge is 0.379 e. The van der Waals surface area contributed by atoms with Crippen LogP contribution in [-0.4, -0.2) is 49.4 Å². The van der Waals surface area contributed by atoms with Gasteiger partial charge in [0.05, 0.1) is 24.1 Å². The van der Waals surface area contributed by atoms with E-state index in [1.807, 2.05) is 17.5 Å². The molecule has 144 valence electrons. The van der Waals surface area contributed by atoms with Crippen molar-refractivity contribution in [3.63, 3.8) is 0 Å². The van der Waals surface area contributed by atoms with Crippen LogP contribution in [0.5, 0.6) is 0 Å². The molecule has 1 aliphatic heterocycles. The van der Waals surface area contributed by atoms with Gasteiger partial charge in [0.25, 0.3) is 0 Å². The highest BCUT2D eigenvalue weighted by Gasteiger charge is 2.23. The Morgan fingerprint density at radius 2 is 2.00 bits per heavy atom. The number of Topliss-reactive ketones (excluding diaryl/α,β-unsaturated/α-hetero) is 1. The van der Waals surface area contributed by atoms with E-state index in [1.165, 1.54) is 23.5 Å². The fourth-order valence-electron chi connectivity index (χ4n) is 3.15. The highest BCUT2D eigenvalue weighted by atomic mass is 32.1. The van der Waals surface area contributed by atoms with E-state index in [0.717, 1.165) is 18.7 Å². The number of carbonyl (C=O) groups is 2. The molecule has 1 amide bonds. The number of carbonyl (C=O) groups excluding carboxylic acids is 2. The number of amides is 1. The van der Waals surface area contributed by atoms with Crippen molar-refractivity contribution < 1.29 is 18.7 Å². The van der Waals surface area contributed by atoms with Gasteiger partial charge in [0.1, 0.15) is 5.82 Å². The van der Waals surface area contributed by atoms with Crippen molar-refractivity contribution in [2.24, 2.45) is 0 Å². The molecule has 1 saturated heterocycles. The van der Waals surface area contributed by atoms with Crippen molar-refractivity contribution >= 4 is 23.0 Å². The monoisotopic (exact) mass is 390 g/mol. The zero-order valence-electron chi connectivity index (χ0n) is 15.0. The molecule has 0 saturated carbocycles. The number of thiophene rings is 1. The lowest BCUT2D eigenvalue weighted by Crippen LogP contribution is -2.43. The molecule has 5 nitrogen and oxygen atoms in total. The van der Waals surface area contributed by atoms with Crippen LogP contribution in [-0.2, 0) is 9.53 Å². The third kappa shape index (κ3) is 5.69. The second-order valence-electron chi connectivity index (χ2n) is 6.42. The summed E-state index contributed by atoms with van der Waals surface area (Å²) in [6, 6.07) is 9.94. The third-order valence-corrected chi connectivity index (χ3v) is 5.50. The van der Waals surface area contributed by atoms with E-state index in [4.69, 9.17) is 4.74 Å². The van der Waals surface area contributed by atoms with E-state index < -0.39 is 0 Å². The first kappa shape index (κ1) is 19.7. The van der Waals surface area contributed by atoms with E-state index in [2.05, 4.69) is 10.2 Å². The van der Waals surface area contributed by atoms with Gasteiger partial charge in [0.15, 0.2) is 5.78 Å². The minimum Gasteiger partial charge on any atom is -0.379 e. The van der Waals surface area contributed by atoms with Gasteiger partial charge in [0.2, 0.25) is 5.91 Å². The van der Waals surface area contributed by atoms with Gasteiger partial charge in [-0.1, -0.05) is 18.2 Å². The van der Waals surface area contributed by atoms with Crippen LogP contribution in [0.15, 0.2) is 41.8 Å². The average Bonchev–Trinajstić information content (AvgIpc) is 3.22. The minimum absolute atomic E-state index is 0.0185. The summed E-state index contributed by atoms with van der Waals surface area (Å²) in [6.07, 6.45) is 0.338. The van der Waals surface area contributed by atoms with Gasteiger partial charge in [-0.3, -0.25) is 14.5 Å². The first-order valence-electron chi connectivity index (χ1n) is 9.04. The second-order valence-corrected chi connectivity index (χ2v) is 7.37. The Hall–Kier alpha value is -2.09. The molecule has 0 aliphatic carbocycles. The molecule has 0 spiro atoms. The topological polar surface area (TPSA) is 58.6 Å². The quantitative estimate of drug-likeness (QED) is 0.704. The normalized spacial score (nSPS) is 16.0. The SMILES string of the molecule is O=C(CCC(=O)c1cccs1)NCC(c1cccc(F)c1)N1CCOCC1. The number of hydrogen-bond donors (Lipinski definition) is 1. The van der Waals surface area contributed by atoms with Gasteiger partial charge in [-0.05, 0) is 29.1 Å². The smallest absolute Gasteiger partial charge is 0.220 e. The molecule has 1 aromatic heterocycles. The standard InChI is InChI=1S/C20H23FN2O3S/c21-16-4-1-3-15(13-16)17(23-8-10-26-11-9-23)14-22-20(25)7-6-18(24)19-5-2-12-27-19/h1-5,12-13,17H,6-11,14H2,(H,22,25). The maximum absolute atomic E-state index is 13.7. The zero-order valence-corrected chi connectivity index (χ0v) is 15.8. The van der Waals surface area contributed by atoms with Crippen molar-refractivity contribution in [3.8, 4) is 0 Å². The Morgan fingerprint density at radius 3 is 2.70 bits per heavy atom. The van der Waals surface area contributed by atoms with Crippen molar-refractivity contribution in [3.05, 3.63) is 58.0 Å². The average molecular weight is 390 g/mol. The first-order valence-corrected chi connectivity index (χ1v) is 9.92. The number of nitrogens with zero attached hydrogens (tertiary/aromatic N) is 1. The van der Waals surface area contributed by atoms with E-state index in [-0.39, 0.29) is 36.4 Å². The molecule has 1 aromatic carbocycles. The molecule has 1 fully saturated rings. The predicted octanol–water partition coefficient (Wildman–Crippen LogP) is 3.04. The van der Waals surface area contributed by atoms with Gasteiger partial charge in [-0.15, -0.1) is 11.3 Å². The van der Waals surface area contributed by atoms with Gasteiger partial charge in [0, 0.05) is 32.5 Å². The summed E-state index contributed by atoms with van der Waals surface area (Å²) in [7, 11) is 0. The maximum atomic E-state index is 13.7. The molecule has 0 bridgehead atoms. The number of nitrogens with one attached hydrogen (secondary N) is 1. The zero-order chi connectivity index (χ0) is 19.1. The van der Waals surface area contributed by atoms with Crippen LogP contribution in [0.1, 0.15) is 34.1 Å². The Balaban J connectivity index is 1.57. The minimum atomic E-state index is -0.293. The Kier molecular flexibility index (Phi) is 7.09. The van der Waals surface area contributed by atoms with Crippen molar-refractivity contribution in [2.45, 2.75) is 18.9 Å². The van der Waals surface area contributed by atoms with Crippen molar-refractivity contribution in [1.29, 1.82) is 0 Å². The number of hydrogen-bond acceptors (Lipinski definition) is 5. The molecule has 2 heterocycles. The highest BCUT2D eigenvalue weighted by Crippen LogP contribution is 2.22. The molecule has 1 unspecified atom stereocenters. The Morgan fingerprint density at radius 1 is 1.19 bits per heavy atom. The van der Waals surface area contributed by atoms with Gasteiger partial charge in [-0.25, -0.2) is 4.39 Å². The summed E-state index contributed by atoms with van der Waals surface area (Å²) in [4.78, 5) is 27.1. The lowest BCUT2D eigenvalue weighted by atomic mass is 10.0. The number of rotatable bonds is 8. The molecule has 0 radical (unpaired) electrons. The fraction of sp³-hybridized carbons (Fsp3) is 0.400. The van der Waals surface area contributed by atoms with Crippen LogP contribution in [0, 0.1) is 5.82 Å². The van der Waals surface area contributed by atoms with Crippen LogP contribution >= 0.6 is 11.3 Å². The van der Waals surface area contributed by atoms with Crippen LogP contribution in [0.3, 0.4) is 0 Å². The Labute approximate surface area is 162 Å². The molecule has 2 aromatic rings. The summed E-state index contributed by atoms with van der Waals surface area (Å²) in [5.41, 5.74) is 0.826. The van der Waals surface area contributed by atoms with Gasteiger partial charge >= 0.3 is 0 Å². The fourth-order valence-corrected chi connectivity index (χ4v) is 3.84. The predicted molar refractivity (Wildman–Crippen MR) is 102 cm³/mol. The first-order chi connectivity index (χ1) is 13.1. The lowest BCUT2D eigenvalue weighted by Gasteiger charge is -2.35. The lowest BCUT2D eigenvalue weighted by molar-refractivity contribution is -0.121. The second kappa shape index (κ2) is 9.73. The number of benzene rings is 1. The molecule has 1 atom stereocenters. The van der Waals surface area contributed by atoms with E-state index in [1.54, 1.807) is 12.1 Å².